The zero-order chi connectivity index (χ0) is 13.8. The lowest BCUT2D eigenvalue weighted by Crippen LogP contribution is -2.04. The lowest BCUT2D eigenvalue weighted by atomic mass is 10.2. The lowest BCUT2D eigenvalue weighted by molar-refractivity contribution is 0.0519. The van der Waals surface area contributed by atoms with Gasteiger partial charge in [0, 0.05) is 11.8 Å². The number of carbonyl (C=O) groups is 1. The number of oxazole rings is 1. The Morgan fingerprint density at radius 2 is 2.32 bits per heavy atom. The highest BCUT2D eigenvalue weighted by Gasteiger charge is 2.13. The summed E-state index contributed by atoms with van der Waals surface area (Å²) in [7, 11) is 0. The second kappa shape index (κ2) is 5.43. The van der Waals surface area contributed by atoms with Crippen LogP contribution < -0.4 is 5.32 Å². The number of nitrogens with zero attached hydrogens (tertiary/aromatic N) is 1. The van der Waals surface area contributed by atoms with E-state index in [4.69, 9.17) is 9.15 Å². The number of aryl methyl sites for hydroxylation is 1. The van der Waals surface area contributed by atoms with Gasteiger partial charge in [0.2, 0.25) is 0 Å². The van der Waals surface area contributed by atoms with Crippen LogP contribution in [0.1, 0.15) is 23.0 Å². The van der Waals surface area contributed by atoms with E-state index in [0.717, 1.165) is 5.56 Å². The third kappa shape index (κ3) is 3.04. The summed E-state index contributed by atoms with van der Waals surface area (Å²) >= 11 is 0. The normalized spacial score (nSPS) is 10.2. The molecule has 0 amide bonds. The number of anilines is 2. The highest BCUT2D eigenvalue weighted by atomic mass is 16.5. The van der Waals surface area contributed by atoms with Crippen LogP contribution in [-0.2, 0) is 4.74 Å². The summed E-state index contributed by atoms with van der Waals surface area (Å²) in [5, 5.41) is 12.4. The molecule has 0 aliphatic carbocycles. The van der Waals surface area contributed by atoms with Crippen molar-refractivity contribution in [2.75, 3.05) is 11.9 Å². The number of carbonyl (C=O) groups excluding carboxylic acids is 1. The van der Waals surface area contributed by atoms with Crippen LogP contribution in [0.4, 0.5) is 11.7 Å². The first-order valence-electron chi connectivity index (χ1n) is 5.79. The number of esters is 1. The summed E-state index contributed by atoms with van der Waals surface area (Å²) in [5.41, 5.74) is 1.48. The second-order valence-corrected chi connectivity index (χ2v) is 3.88. The smallest absolute Gasteiger partial charge is 0.360 e. The number of nitrogens with one attached hydrogen (secondary N) is 1. The molecule has 0 aliphatic rings. The molecule has 19 heavy (non-hydrogen) atoms. The Bertz CT molecular complexity index is 592. The molecular formula is C13H14N2O4. The number of hydrogen-bond acceptors (Lipinski definition) is 6. The van der Waals surface area contributed by atoms with E-state index >= 15 is 0 Å². The van der Waals surface area contributed by atoms with Crippen molar-refractivity contribution in [2.24, 2.45) is 0 Å². The van der Waals surface area contributed by atoms with Gasteiger partial charge in [0.15, 0.2) is 5.69 Å². The van der Waals surface area contributed by atoms with Crippen molar-refractivity contribution in [1.29, 1.82) is 0 Å². The SMILES string of the molecule is CCOC(=O)c1coc(Nc2ccc(C)c(O)c2)n1. The van der Waals surface area contributed by atoms with Crippen molar-refractivity contribution in [1.82, 2.24) is 4.98 Å². The molecule has 2 rings (SSSR count). The third-order valence-electron chi connectivity index (χ3n) is 2.45. The molecule has 6 nitrogen and oxygen atoms in total. The summed E-state index contributed by atoms with van der Waals surface area (Å²) in [6.07, 6.45) is 1.22. The number of rotatable bonds is 4. The van der Waals surface area contributed by atoms with Crippen LogP contribution in [0, 0.1) is 6.92 Å². The molecule has 0 spiro atoms. The van der Waals surface area contributed by atoms with E-state index in [1.807, 2.05) is 0 Å². The first-order valence-corrected chi connectivity index (χ1v) is 5.79. The average molecular weight is 262 g/mol. The van der Waals surface area contributed by atoms with Gasteiger partial charge in [-0.25, -0.2) is 4.79 Å². The van der Waals surface area contributed by atoms with Gasteiger partial charge in [0.05, 0.1) is 6.61 Å². The van der Waals surface area contributed by atoms with Crippen molar-refractivity contribution in [3.05, 3.63) is 35.7 Å². The average Bonchev–Trinajstić information content (AvgIpc) is 2.83. The number of hydrogen-bond donors (Lipinski definition) is 2. The molecule has 0 saturated heterocycles. The molecule has 2 N–H and O–H groups in total. The molecule has 6 heteroatoms. The van der Waals surface area contributed by atoms with Gasteiger partial charge in [-0.05, 0) is 25.5 Å². The quantitative estimate of drug-likeness (QED) is 0.824. The van der Waals surface area contributed by atoms with E-state index in [1.165, 1.54) is 6.26 Å². The molecule has 0 saturated carbocycles. The molecule has 2 aromatic rings. The van der Waals surface area contributed by atoms with Gasteiger partial charge in [-0.15, -0.1) is 0 Å². The maximum absolute atomic E-state index is 11.4. The summed E-state index contributed by atoms with van der Waals surface area (Å²) in [6, 6.07) is 5.23. The molecular weight excluding hydrogens is 248 g/mol. The van der Waals surface area contributed by atoms with Crippen LogP contribution >= 0.6 is 0 Å². The monoisotopic (exact) mass is 262 g/mol. The number of aromatic nitrogens is 1. The van der Waals surface area contributed by atoms with Gasteiger partial charge >= 0.3 is 5.97 Å². The summed E-state index contributed by atoms with van der Waals surface area (Å²) in [4.78, 5) is 15.3. The molecule has 100 valence electrons. The fourth-order valence-corrected chi connectivity index (χ4v) is 1.44. The number of ether oxygens (including phenoxy) is 1. The van der Waals surface area contributed by atoms with Gasteiger partial charge in [0.1, 0.15) is 12.0 Å². The molecule has 1 heterocycles. The Kier molecular flexibility index (Phi) is 3.70. The second-order valence-electron chi connectivity index (χ2n) is 3.88. The predicted molar refractivity (Wildman–Crippen MR) is 68.6 cm³/mol. The van der Waals surface area contributed by atoms with Crippen LogP contribution in [0.25, 0.3) is 0 Å². The Balaban J connectivity index is 2.11. The van der Waals surface area contributed by atoms with E-state index < -0.39 is 5.97 Å². The van der Waals surface area contributed by atoms with Gasteiger partial charge in [0.25, 0.3) is 6.01 Å². The summed E-state index contributed by atoms with van der Waals surface area (Å²) in [5.74, 6) is -0.367. The maximum Gasteiger partial charge on any atom is 0.360 e. The van der Waals surface area contributed by atoms with Gasteiger partial charge in [-0.1, -0.05) is 6.07 Å². The van der Waals surface area contributed by atoms with Crippen LogP contribution in [0.3, 0.4) is 0 Å². The van der Waals surface area contributed by atoms with Crippen molar-refractivity contribution < 1.29 is 19.1 Å². The number of phenols is 1. The zero-order valence-electron chi connectivity index (χ0n) is 10.6. The molecule has 0 radical (unpaired) electrons. The van der Waals surface area contributed by atoms with Crippen molar-refractivity contribution >= 4 is 17.7 Å². The summed E-state index contributed by atoms with van der Waals surface area (Å²) < 4.78 is 9.90. The Morgan fingerprint density at radius 3 is 3.00 bits per heavy atom. The fourth-order valence-electron chi connectivity index (χ4n) is 1.44. The lowest BCUT2D eigenvalue weighted by Gasteiger charge is -2.03. The minimum absolute atomic E-state index is 0.0979. The number of phenolic OH excluding ortho intramolecular Hbond substituents is 1. The van der Waals surface area contributed by atoms with E-state index in [0.29, 0.717) is 5.69 Å². The highest BCUT2D eigenvalue weighted by molar-refractivity contribution is 5.87. The van der Waals surface area contributed by atoms with Crippen LogP contribution in [0.5, 0.6) is 5.75 Å². The third-order valence-corrected chi connectivity index (χ3v) is 2.45. The van der Waals surface area contributed by atoms with Gasteiger partial charge < -0.3 is 19.6 Å². The predicted octanol–water partition coefficient (Wildman–Crippen LogP) is 2.61. The molecule has 0 bridgehead atoms. The van der Waals surface area contributed by atoms with Crippen molar-refractivity contribution in [3.8, 4) is 5.75 Å². The van der Waals surface area contributed by atoms with E-state index in [2.05, 4.69) is 10.3 Å². The zero-order valence-corrected chi connectivity index (χ0v) is 10.6. The molecule has 0 unspecified atom stereocenters. The first-order chi connectivity index (χ1) is 9.10. The van der Waals surface area contributed by atoms with Crippen LogP contribution in [0.15, 0.2) is 28.9 Å². The maximum atomic E-state index is 11.4. The number of benzene rings is 1. The molecule has 0 fully saturated rings. The van der Waals surface area contributed by atoms with E-state index in [1.54, 1.807) is 32.0 Å². The fraction of sp³-hybridized carbons (Fsp3) is 0.231. The summed E-state index contributed by atoms with van der Waals surface area (Å²) in [6.45, 7) is 3.79. The van der Waals surface area contributed by atoms with Crippen molar-refractivity contribution in [2.45, 2.75) is 13.8 Å². The Morgan fingerprint density at radius 1 is 1.53 bits per heavy atom. The van der Waals surface area contributed by atoms with Crippen LogP contribution in [0.2, 0.25) is 0 Å². The van der Waals surface area contributed by atoms with Gasteiger partial charge in [-0.3, -0.25) is 0 Å². The van der Waals surface area contributed by atoms with Crippen LogP contribution in [-0.4, -0.2) is 22.7 Å². The molecule has 0 atom stereocenters. The topological polar surface area (TPSA) is 84.6 Å². The molecule has 1 aromatic carbocycles. The highest BCUT2D eigenvalue weighted by Crippen LogP contribution is 2.23. The Hall–Kier alpha value is -2.50. The first kappa shape index (κ1) is 12.9. The minimum atomic E-state index is -0.536. The molecule has 1 aromatic heterocycles. The number of aromatic hydroxyl groups is 1. The minimum Gasteiger partial charge on any atom is -0.508 e. The van der Waals surface area contributed by atoms with Gasteiger partial charge in [-0.2, -0.15) is 4.98 Å². The van der Waals surface area contributed by atoms with E-state index in [-0.39, 0.29) is 24.1 Å². The largest absolute Gasteiger partial charge is 0.508 e. The van der Waals surface area contributed by atoms with E-state index in [9.17, 15) is 9.90 Å². The standard InChI is InChI=1S/C13H14N2O4/c1-3-18-12(17)10-7-19-13(15-10)14-9-5-4-8(2)11(16)6-9/h4-7,16H,3H2,1-2H3,(H,14,15). The molecule has 0 aliphatic heterocycles. The van der Waals surface area contributed by atoms with Crippen molar-refractivity contribution in [3.63, 3.8) is 0 Å². The Labute approximate surface area is 110 Å².